The first-order valence-corrected chi connectivity index (χ1v) is 11.7. The van der Waals surface area contributed by atoms with Crippen molar-refractivity contribution in [1.82, 2.24) is 15.1 Å². The molecular weight excluding hydrogens is 378 g/mol. The van der Waals surface area contributed by atoms with E-state index in [0.29, 0.717) is 32.1 Å². The van der Waals surface area contributed by atoms with Crippen LogP contribution in [0, 0.1) is 37.0 Å². The SMILES string of the molecule is Cc1cc(C(C)NC(=O)N2CCN(C(=O)C34CC5CC(CC(C5)C3)C4)CC2)c(C)o1. The van der Waals surface area contributed by atoms with Crippen molar-refractivity contribution in [3.05, 3.63) is 23.2 Å². The first-order valence-electron chi connectivity index (χ1n) is 11.7. The Morgan fingerprint density at radius 1 is 1.00 bits per heavy atom. The molecule has 5 fully saturated rings. The summed E-state index contributed by atoms with van der Waals surface area (Å²) in [6.07, 6.45) is 7.40. The summed E-state index contributed by atoms with van der Waals surface area (Å²) in [7, 11) is 0. The molecule has 4 aliphatic carbocycles. The summed E-state index contributed by atoms with van der Waals surface area (Å²) in [6.45, 7) is 8.38. The van der Waals surface area contributed by atoms with E-state index < -0.39 is 0 Å². The molecule has 30 heavy (non-hydrogen) atoms. The zero-order valence-electron chi connectivity index (χ0n) is 18.6. The number of nitrogens with zero attached hydrogens (tertiary/aromatic N) is 2. The molecular formula is C24H35N3O3. The van der Waals surface area contributed by atoms with E-state index in [1.165, 1.54) is 19.3 Å². The van der Waals surface area contributed by atoms with Crippen molar-refractivity contribution in [2.45, 2.75) is 65.3 Å². The van der Waals surface area contributed by atoms with E-state index in [0.717, 1.165) is 54.1 Å². The van der Waals surface area contributed by atoms with Gasteiger partial charge < -0.3 is 19.5 Å². The average Bonchev–Trinajstić information content (AvgIpc) is 3.04. The molecule has 3 amide bonds. The van der Waals surface area contributed by atoms with Gasteiger partial charge in [-0.25, -0.2) is 4.79 Å². The van der Waals surface area contributed by atoms with Gasteiger partial charge in [-0.15, -0.1) is 0 Å². The zero-order chi connectivity index (χ0) is 21.0. The Kier molecular flexibility index (Phi) is 4.86. The summed E-state index contributed by atoms with van der Waals surface area (Å²) < 4.78 is 5.59. The third-order valence-corrected chi connectivity index (χ3v) is 8.23. The van der Waals surface area contributed by atoms with E-state index in [1.807, 2.05) is 31.7 Å². The van der Waals surface area contributed by atoms with Crippen LogP contribution in [-0.4, -0.2) is 47.9 Å². The normalized spacial score (nSPS) is 33.6. The predicted molar refractivity (Wildman–Crippen MR) is 114 cm³/mol. The van der Waals surface area contributed by atoms with Crippen molar-refractivity contribution in [3.63, 3.8) is 0 Å². The van der Waals surface area contributed by atoms with E-state index in [-0.39, 0.29) is 17.5 Å². The second-order valence-corrected chi connectivity index (χ2v) is 10.5. The Labute approximate surface area is 179 Å². The standard InChI is InChI=1S/C24H35N3O3/c1-15-8-21(17(3)30-15)16(2)25-23(29)27-6-4-26(5-7-27)22(28)24-12-18-9-19(13-24)11-20(10-18)14-24/h8,16,18-20H,4-7,9-14H2,1-3H3,(H,25,29). The molecule has 1 aromatic heterocycles. The van der Waals surface area contributed by atoms with Gasteiger partial charge in [-0.1, -0.05) is 0 Å². The summed E-state index contributed by atoms with van der Waals surface area (Å²) in [4.78, 5) is 30.2. The van der Waals surface area contributed by atoms with Crippen LogP contribution in [0.4, 0.5) is 4.79 Å². The van der Waals surface area contributed by atoms with Gasteiger partial charge in [0.05, 0.1) is 11.5 Å². The van der Waals surface area contributed by atoms with Gasteiger partial charge in [-0.2, -0.15) is 0 Å². The maximum atomic E-state index is 13.5. The van der Waals surface area contributed by atoms with Crippen molar-refractivity contribution in [1.29, 1.82) is 0 Å². The van der Waals surface area contributed by atoms with Gasteiger partial charge in [0.15, 0.2) is 0 Å². The van der Waals surface area contributed by atoms with Crippen LogP contribution in [0.25, 0.3) is 0 Å². The molecule has 0 spiro atoms. The van der Waals surface area contributed by atoms with Crippen LogP contribution in [0.1, 0.15) is 68.6 Å². The number of aryl methyl sites for hydroxylation is 2. The highest BCUT2D eigenvalue weighted by Gasteiger charge is 2.55. The molecule has 1 saturated heterocycles. The fourth-order valence-electron chi connectivity index (χ4n) is 7.26. The van der Waals surface area contributed by atoms with Crippen molar-refractivity contribution < 1.29 is 14.0 Å². The predicted octanol–water partition coefficient (Wildman–Crippen LogP) is 4.03. The smallest absolute Gasteiger partial charge is 0.317 e. The molecule has 4 bridgehead atoms. The summed E-state index contributed by atoms with van der Waals surface area (Å²) in [5.41, 5.74) is 0.946. The van der Waals surface area contributed by atoms with Crippen LogP contribution >= 0.6 is 0 Å². The van der Waals surface area contributed by atoms with Crippen molar-refractivity contribution >= 4 is 11.9 Å². The number of rotatable bonds is 3. The van der Waals surface area contributed by atoms with Crippen molar-refractivity contribution in [2.75, 3.05) is 26.2 Å². The quantitative estimate of drug-likeness (QED) is 0.814. The number of hydrogen-bond acceptors (Lipinski definition) is 3. The molecule has 1 aliphatic heterocycles. The van der Waals surface area contributed by atoms with E-state index in [2.05, 4.69) is 10.2 Å². The fourth-order valence-corrected chi connectivity index (χ4v) is 7.26. The molecule has 6 nitrogen and oxygen atoms in total. The monoisotopic (exact) mass is 413 g/mol. The summed E-state index contributed by atoms with van der Waals surface area (Å²) in [6, 6.07) is 1.84. The fraction of sp³-hybridized carbons (Fsp3) is 0.750. The molecule has 5 aliphatic rings. The molecule has 1 N–H and O–H groups in total. The van der Waals surface area contributed by atoms with Crippen molar-refractivity contribution in [2.24, 2.45) is 23.2 Å². The summed E-state index contributed by atoms with van der Waals surface area (Å²) in [5.74, 6) is 4.45. The highest BCUT2D eigenvalue weighted by atomic mass is 16.3. The Morgan fingerprint density at radius 3 is 2.03 bits per heavy atom. The molecule has 1 unspecified atom stereocenters. The summed E-state index contributed by atoms with van der Waals surface area (Å²) >= 11 is 0. The molecule has 164 valence electrons. The molecule has 0 aromatic carbocycles. The maximum Gasteiger partial charge on any atom is 0.317 e. The van der Waals surface area contributed by atoms with Gasteiger partial charge >= 0.3 is 6.03 Å². The number of urea groups is 1. The van der Waals surface area contributed by atoms with Crippen LogP contribution in [0.15, 0.2) is 10.5 Å². The van der Waals surface area contributed by atoms with Gasteiger partial charge in [0.2, 0.25) is 5.91 Å². The van der Waals surface area contributed by atoms with Crippen LogP contribution in [0.2, 0.25) is 0 Å². The molecule has 1 aromatic rings. The Morgan fingerprint density at radius 2 is 1.53 bits per heavy atom. The topological polar surface area (TPSA) is 65.8 Å². The Bertz CT molecular complexity index is 801. The van der Waals surface area contributed by atoms with Gasteiger partial charge in [0, 0.05) is 31.7 Å². The van der Waals surface area contributed by atoms with E-state index in [9.17, 15) is 9.59 Å². The molecule has 4 saturated carbocycles. The van der Waals surface area contributed by atoms with Crippen molar-refractivity contribution in [3.8, 4) is 0 Å². The van der Waals surface area contributed by atoms with Gasteiger partial charge in [-0.05, 0) is 83.1 Å². The minimum atomic E-state index is -0.0957. The molecule has 6 rings (SSSR count). The van der Waals surface area contributed by atoms with E-state index in [4.69, 9.17) is 4.42 Å². The molecule has 6 heteroatoms. The lowest BCUT2D eigenvalue weighted by Crippen LogP contribution is -2.59. The van der Waals surface area contributed by atoms with E-state index in [1.54, 1.807) is 0 Å². The lowest BCUT2D eigenvalue weighted by molar-refractivity contribution is -0.159. The Hall–Kier alpha value is -1.98. The lowest BCUT2D eigenvalue weighted by Gasteiger charge is -2.57. The minimum Gasteiger partial charge on any atom is -0.466 e. The van der Waals surface area contributed by atoms with Crippen LogP contribution < -0.4 is 5.32 Å². The van der Waals surface area contributed by atoms with E-state index >= 15 is 0 Å². The highest BCUT2D eigenvalue weighted by Crippen LogP contribution is 2.60. The van der Waals surface area contributed by atoms with Gasteiger partial charge in [-0.3, -0.25) is 4.79 Å². The number of nitrogens with one attached hydrogen (secondary N) is 1. The first kappa shape index (κ1) is 20.0. The number of amides is 3. The van der Waals surface area contributed by atoms with Crippen LogP contribution in [-0.2, 0) is 4.79 Å². The van der Waals surface area contributed by atoms with Crippen LogP contribution in [0.3, 0.4) is 0 Å². The summed E-state index contributed by atoms with van der Waals surface area (Å²) in [5, 5.41) is 3.10. The second kappa shape index (κ2) is 7.31. The number of furan rings is 1. The van der Waals surface area contributed by atoms with Gasteiger partial charge in [0.1, 0.15) is 11.5 Å². The first-order chi connectivity index (χ1) is 14.3. The molecule has 1 atom stereocenters. The molecule has 2 heterocycles. The average molecular weight is 414 g/mol. The number of piperazine rings is 1. The number of carbonyl (C=O) groups is 2. The largest absolute Gasteiger partial charge is 0.466 e. The van der Waals surface area contributed by atoms with Gasteiger partial charge in [0.25, 0.3) is 0 Å². The Balaban J connectivity index is 1.17. The third kappa shape index (κ3) is 3.42. The maximum absolute atomic E-state index is 13.5. The number of hydrogen-bond donors (Lipinski definition) is 1. The highest BCUT2D eigenvalue weighted by molar-refractivity contribution is 5.84. The second-order valence-electron chi connectivity index (χ2n) is 10.5. The zero-order valence-corrected chi connectivity index (χ0v) is 18.6. The van der Waals surface area contributed by atoms with Crippen LogP contribution in [0.5, 0.6) is 0 Å². The minimum absolute atomic E-state index is 0.0531. The molecule has 0 radical (unpaired) electrons. The third-order valence-electron chi connectivity index (χ3n) is 8.23. The number of carbonyl (C=O) groups excluding carboxylic acids is 2. The lowest BCUT2D eigenvalue weighted by atomic mass is 9.49.